The van der Waals surface area contributed by atoms with E-state index in [1.54, 1.807) is 0 Å². The third-order valence-corrected chi connectivity index (χ3v) is 4.60. The second kappa shape index (κ2) is 3.35. The van der Waals surface area contributed by atoms with Crippen LogP contribution in [0.5, 0.6) is 0 Å². The smallest absolute Gasteiger partial charge is 0.0530 e. The van der Waals surface area contributed by atoms with Gasteiger partial charge in [-0.1, -0.05) is 0 Å². The van der Waals surface area contributed by atoms with Crippen molar-refractivity contribution >= 4 is 10.8 Å². The van der Waals surface area contributed by atoms with Crippen LogP contribution in [0.25, 0.3) is 0 Å². The molecule has 78 valence electrons. The molecule has 1 fully saturated rings. The fourth-order valence-electron chi connectivity index (χ4n) is 1.65. The lowest BCUT2D eigenvalue weighted by molar-refractivity contribution is 0.128. The molecule has 1 atom stereocenters. The van der Waals surface area contributed by atoms with E-state index >= 15 is 0 Å². The Morgan fingerprint density at radius 2 is 1.85 bits per heavy atom. The van der Waals surface area contributed by atoms with Gasteiger partial charge in [0.05, 0.1) is 4.75 Å². The molecule has 0 aromatic heterocycles. The highest BCUT2D eigenvalue weighted by Gasteiger charge is 2.36. The van der Waals surface area contributed by atoms with Crippen molar-refractivity contribution in [2.24, 2.45) is 0 Å². The van der Waals surface area contributed by atoms with Crippen LogP contribution in [0.2, 0.25) is 0 Å². The Morgan fingerprint density at radius 1 is 1.31 bits per heavy atom. The first-order chi connectivity index (χ1) is 5.73. The van der Waals surface area contributed by atoms with E-state index < -0.39 is 10.8 Å². The van der Waals surface area contributed by atoms with Crippen LogP contribution in [0.15, 0.2) is 0 Å². The fourth-order valence-corrected chi connectivity index (χ4v) is 2.89. The van der Waals surface area contributed by atoms with Gasteiger partial charge in [-0.25, -0.2) is 0 Å². The van der Waals surface area contributed by atoms with Crippen LogP contribution in [-0.4, -0.2) is 38.2 Å². The van der Waals surface area contributed by atoms with E-state index in [1.165, 1.54) is 0 Å². The van der Waals surface area contributed by atoms with Crippen LogP contribution < -0.4 is 0 Å². The quantitative estimate of drug-likeness (QED) is 0.596. The molecule has 3 heteroatoms. The molecule has 1 saturated heterocycles. The fraction of sp³-hybridized carbons (Fsp3) is 1.00. The van der Waals surface area contributed by atoms with Crippen LogP contribution >= 0.6 is 0 Å². The van der Waals surface area contributed by atoms with Crippen LogP contribution in [0, 0.1) is 0 Å². The Balaban J connectivity index is 2.72. The molecule has 0 saturated carbocycles. The molecule has 0 N–H and O–H groups in total. The Bertz CT molecular complexity index is 217. The minimum Gasteiger partial charge on any atom is -0.296 e. The van der Waals surface area contributed by atoms with Gasteiger partial charge in [0, 0.05) is 35.2 Å². The van der Waals surface area contributed by atoms with Crippen molar-refractivity contribution in [1.82, 2.24) is 4.90 Å². The van der Waals surface area contributed by atoms with Gasteiger partial charge in [0.1, 0.15) is 0 Å². The first kappa shape index (κ1) is 11.2. The molecular weight excluding hydrogens is 182 g/mol. The number of hydrogen-bond donors (Lipinski definition) is 0. The van der Waals surface area contributed by atoms with Gasteiger partial charge in [-0.3, -0.25) is 9.11 Å². The summed E-state index contributed by atoms with van der Waals surface area (Å²) in [5.74, 6) is 0.824. The molecule has 1 rings (SSSR count). The topological polar surface area (TPSA) is 20.3 Å². The van der Waals surface area contributed by atoms with Crippen molar-refractivity contribution < 1.29 is 4.21 Å². The van der Waals surface area contributed by atoms with Crippen molar-refractivity contribution in [3.05, 3.63) is 0 Å². The van der Waals surface area contributed by atoms with E-state index in [0.29, 0.717) is 0 Å². The lowest BCUT2D eigenvalue weighted by Gasteiger charge is -2.44. The molecule has 0 bridgehead atoms. The normalized spacial score (nSPS) is 30.4. The van der Waals surface area contributed by atoms with E-state index in [2.05, 4.69) is 39.5 Å². The van der Waals surface area contributed by atoms with Gasteiger partial charge in [0.2, 0.25) is 0 Å². The second-order valence-electron chi connectivity index (χ2n) is 5.40. The molecule has 0 amide bonds. The van der Waals surface area contributed by atoms with Gasteiger partial charge in [0.25, 0.3) is 0 Å². The molecule has 1 unspecified atom stereocenters. The Kier molecular flexibility index (Phi) is 2.89. The van der Waals surface area contributed by atoms with Gasteiger partial charge in [-0.2, -0.15) is 0 Å². The molecule has 0 aliphatic carbocycles. The van der Waals surface area contributed by atoms with Crippen molar-refractivity contribution in [3.63, 3.8) is 0 Å². The molecule has 2 nitrogen and oxygen atoms in total. The summed E-state index contributed by atoms with van der Waals surface area (Å²) in [6.07, 6.45) is 0. The molecule has 13 heavy (non-hydrogen) atoms. The molecule has 0 spiro atoms. The monoisotopic (exact) mass is 203 g/mol. The summed E-state index contributed by atoms with van der Waals surface area (Å²) in [4.78, 5) is 2.42. The van der Waals surface area contributed by atoms with E-state index in [0.717, 1.165) is 18.8 Å². The summed E-state index contributed by atoms with van der Waals surface area (Å²) in [6.45, 7) is 12.8. The highest BCUT2D eigenvalue weighted by Crippen LogP contribution is 2.25. The maximum absolute atomic E-state index is 11.7. The van der Waals surface area contributed by atoms with Crippen molar-refractivity contribution in [2.45, 2.75) is 44.9 Å². The molecule has 1 aliphatic heterocycles. The lowest BCUT2D eigenvalue weighted by Crippen LogP contribution is -2.56. The molecule has 0 radical (unpaired) electrons. The maximum Gasteiger partial charge on any atom is 0.0530 e. The Hall–Kier alpha value is 0.110. The molecule has 1 heterocycles. The van der Waals surface area contributed by atoms with Crippen LogP contribution in [-0.2, 0) is 10.8 Å². The lowest BCUT2D eigenvalue weighted by atomic mass is 10.0. The highest BCUT2D eigenvalue weighted by molar-refractivity contribution is 7.86. The van der Waals surface area contributed by atoms with Gasteiger partial charge in [-0.05, 0) is 34.6 Å². The predicted molar refractivity (Wildman–Crippen MR) is 58.4 cm³/mol. The summed E-state index contributed by atoms with van der Waals surface area (Å²) in [5.41, 5.74) is 0.210. The third-order valence-electron chi connectivity index (χ3n) is 2.68. The minimum absolute atomic E-state index is 0.0362. The van der Waals surface area contributed by atoms with Crippen LogP contribution in [0.4, 0.5) is 0 Å². The van der Waals surface area contributed by atoms with Crippen molar-refractivity contribution in [2.75, 3.05) is 18.8 Å². The number of nitrogens with zero attached hydrogens (tertiary/aromatic N) is 1. The van der Waals surface area contributed by atoms with E-state index in [9.17, 15) is 4.21 Å². The summed E-state index contributed by atoms with van der Waals surface area (Å²) >= 11 is 0. The van der Waals surface area contributed by atoms with Crippen molar-refractivity contribution in [3.8, 4) is 0 Å². The predicted octanol–water partition coefficient (Wildman–Crippen LogP) is 1.63. The zero-order valence-electron chi connectivity index (χ0n) is 9.39. The molecular formula is C10H21NOS. The number of hydrogen-bond acceptors (Lipinski definition) is 2. The first-order valence-electron chi connectivity index (χ1n) is 4.87. The van der Waals surface area contributed by atoms with Crippen LogP contribution in [0.3, 0.4) is 0 Å². The average molecular weight is 203 g/mol. The zero-order valence-corrected chi connectivity index (χ0v) is 10.2. The van der Waals surface area contributed by atoms with Gasteiger partial charge in [-0.15, -0.1) is 0 Å². The summed E-state index contributed by atoms with van der Waals surface area (Å²) < 4.78 is 11.6. The van der Waals surface area contributed by atoms with E-state index in [-0.39, 0.29) is 10.3 Å². The Labute approximate surface area is 84.2 Å². The third kappa shape index (κ3) is 2.53. The first-order valence-corrected chi connectivity index (χ1v) is 6.19. The summed E-state index contributed by atoms with van der Waals surface area (Å²) in [5, 5.41) is 0. The van der Waals surface area contributed by atoms with E-state index in [4.69, 9.17) is 0 Å². The summed E-state index contributed by atoms with van der Waals surface area (Å²) in [7, 11) is -0.648. The molecule has 0 aromatic carbocycles. The number of rotatable bonds is 0. The molecule has 0 aromatic rings. The van der Waals surface area contributed by atoms with Crippen molar-refractivity contribution in [1.29, 1.82) is 0 Å². The zero-order chi connectivity index (χ0) is 10.3. The van der Waals surface area contributed by atoms with Gasteiger partial charge >= 0.3 is 0 Å². The maximum atomic E-state index is 11.7. The van der Waals surface area contributed by atoms with Gasteiger partial charge in [0.15, 0.2) is 0 Å². The largest absolute Gasteiger partial charge is 0.296 e. The van der Waals surface area contributed by atoms with Gasteiger partial charge < -0.3 is 0 Å². The standard InChI is InChI=1S/C10H21NOS/c1-9(2,3)11-6-7-13(12)10(4,5)8-11/h6-8H2,1-5H3. The average Bonchev–Trinajstić information content (AvgIpc) is 1.92. The van der Waals surface area contributed by atoms with E-state index in [1.807, 2.05) is 0 Å². The highest BCUT2D eigenvalue weighted by atomic mass is 32.2. The second-order valence-corrected chi connectivity index (χ2v) is 7.61. The minimum atomic E-state index is -0.648. The van der Waals surface area contributed by atoms with Crippen LogP contribution in [0.1, 0.15) is 34.6 Å². The summed E-state index contributed by atoms with van der Waals surface area (Å²) in [6, 6.07) is 0. The SMILES string of the molecule is CC(C)(C)N1CCS(=O)C(C)(C)C1. The Morgan fingerprint density at radius 3 is 2.23 bits per heavy atom. The molecule has 1 aliphatic rings.